The first-order valence-electron chi connectivity index (χ1n) is 10.2. The topological polar surface area (TPSA) is 83.3 Å². The molecule has 2 aromatic heterocycles. The van der Waals surface area contributed by atoms with Gasteiger partial charge in [-0.05, 0) is 44.2 Å². The monoisotopic (exact) mass is 510 g/mol. The molecule has 2 aromatic rings. The second-order valence-electron chi connectivity index (χ2n) is 7.73. The van der Waals surface area contributed by atoms with E-state index in [1.54, 1.807) is 0 Å². The molecule has 2 N–H and O–H groups in total. The van der Waals surface area contributed by atoms with Crippen molar-refractivity contribution >= 4 is 35.8 Å². The van der Waals surface area contributed by atoms with Gasteiger partial charge in [-0.1, -0.05) is 6.07 Å². The highest BCUT2D eigenvalue weighted by atomic mass is 127. The molecule has 0 saturated carbocycles. The van der Waals surface area contributed by atoms with Crippen molar-refractivity contribution in [3.8, 4) is 0 Å². The van der Waals surface area contributed by atoms with Gasteiger partial charge in [-0.15, -0.1) is 34.2 Å². The fourth-order valence-corrected chi connectivity index (χ4v) is 4.12. The Kier molecular flexibility index (Phi) is 7.68. The van der Waals surface area contributed by atoms with Crippen LogP contribution in [0.4, 0.5) is 5.82 Å². The van der Waals surface area contributed by atoms with Crippen LogP contribution in [0, 0.1) is 12.8 Å². The summed E-state index contributed by atoms with van der Waals surface area (Å²) in [5, 5.41) is 15.6. The number of piperidine rings is 1. The number of aliphatic imine (C=N–C) groups is 1. The summed E-state index contributed by atoms with van der Waals surface area (Å²) >= 11 is 0. The van der Waals surface area contributed by atoms with Crippen LogP contribution in [0.1, 0.15) is 30.9 Å². The summed E-state index contributed by atoms with van der Waals surface area (Å²) in [7, 11) is 1.85. The number of hydrogen-bond donors (Lipinski definition) is 2. The minimum atomic E-state index is 0. The molecule has 4 heterocycles. The number of guanidine groups is 1. The van der Waals surface area contributed by atoms with E-state index in [1.807, 2.05) is 32.3 Å². The first-order chi connectivity index (χ1) is 13.7. The number of anilines is 1. The molecule has 0 aliphatic carbocycles. The lowest BCUT2D eigenvalue weighted by atomic mass is 9.99. The molecule has 0 amide bonds. The molecule has 1 fully saturated rings. The third kappa shape index (κ3) is 5.37. The molecule has 158 valence electrons. The quantitative estimate of drug-likeness (QED) is 0.372. The molecule has 0 spiro atoms. The first kappa shape index (κ1) is 21.8. The summed E-state index contributed by atoms with van der Waals surface area (Å²) in [6.07, 6.45) is 6.19. The van der Waals surface area contributed by atoms with Gasteiger partial charge in [0.2, 0.25) is 0 Å². The van der Waals surface area contributed by atoms with Gasteiger partial charge in [0, 0.05) is 51.9 Å². The zero-order chi connectivity index (χ0) is 19.3. The van der Waals surface area contributed by atoms with Gasteiger partial charge in [-0.25, -0.2) is 4.98 Å². The highest BCUT2D eigenvalue weighted by Crippen LogP contribution is 2.19. The van der Waals surface area contributed by atoms with Crippen molar-refractivity contribution in [2.75, 3.05) is 31.6 Å². The van der Waals surface area contributed by atoms with Crippen LogP contribution >= 0.6 is 24.0 Å². The maximum atomic E-state index is 4.46. The van der Waals surface area contributed by atoms with Gasteiger partial charge < -0.3 is 20.1 Å². The summed E-state index contributed by atoms with van der Waals surface area (Å²) in [5.41, 5.74) is 0. The standard InChI is InChI=1S/C20H30N8.HI/c1-15-25-26-19-7-6-16(14-28(15)19)13-23-20(21-2)24-17-8-11-27(12-9-17)18-5-3-4-10-22-18;/h3-5,10,16-17H,6-9,11-14H2,1-2H3,(H2,21,23,24);1H. The molecule has 0 bridgehead atoms. The van der Waals surface area contributed by atoms with Crippen LogP contribution in [0.2, 0.25) is 0 Å². The van der Waals surface area contributed by atoms with E-state index in [0.29, 0.717) is 12.0 Å². The summed E-state index contributed by atoms with van der Waals surface area (Å²) in [6.45, 7) is 5.97. The van der Waals surface area contributed by atoms with Crippen molar-refractivity contribution in [1.29, 1.82) is 0 Å². The third-order valence-electron chi connectivity index (χ3n) is 5.82. The second-order valence-corrected chi connectivity index (χ2v) is 7.73. The molecule has 9 heteroatoms. The van der Waals surface area contributed by atoms with Crippen molar-refractivity contribution in [2.24, 2.45) is 10.9 Å². The molecule has 8 nitrogen and oxygen atoms in total. The van der Waals surface area contributed by atoms with E-state index in [4.69, 9.17) is 0 Å². The first-order valence-corrected chi connectivity index (χ1v) is 10.2. The van der Waals surface area contributed by atoms with Gasteiger partial charge >= 0.3 is 0 Å². The molecular weight excluding hydrogens is 479 g/mol. The molecule has 0 aromatic carbocycles. The number of aromatic nitrogens is 4. The maximum Gasteiger partial charge on any atom is 0.191 e. The van der Waals surface area contributed by atoms with E-state index in [9.17, 15) is 0 Å². The molecule has 0 radical (unpaired) electrons. The molecule has 1 saturated heterocycles. The van der Waals surface area contributed by atoms with E-state index < -0.39 is 0 Å². The van der Waals surface area contributed by atoms with E-state index in [2.05, 4.69) is 46.3 Å². The molecular formula is C20H31IN8. The Balaban J connectivity index is 0.00000240. The van der Waals surface area contributed by atoms with Gasteiger partial charge in [0.25, 0.3) is 0 Å². The Hall–Kier alpha value is -1.91. The van der Waals surface area contributed by atoms with Crippen LogP contribution < -0.4 is 15.5 Å². The molecule has 2 aliphatic heterocycles. The number of nitrogens with one attached hydrogen (secondary N) is 2. The van der Waals surface area contributed by atoms with E-state index in [0.717, 1.165) is 75.3 Å². The van der Waals surface area contributed by atoms with E-state index in [1.165, 1.54) is 0 Å². The van der Waals surface area contributed by atoms with Crippen LogP contribution in [0.5, 0.6) is 0 Å². The van der Waals surface area contributed by atoms with Crippen molar-refractivity contribution in [3.05, 3.63) is 36.0 Å². The number of hydrogen-bond acceptors (Lipinski definition) is 5. The Morgan fingerprint density at radius 2 is 2.03 bits per heavy atom. The average molecular weight is 510 g/mol. The molecule has 1 atom stereocenters. The van der Waals surface area contributed by atoms with Crippen molar-refractivity contribution < 1.29 is 0 Å². The number of fused-ring (bicyclic) bond motifs is 1. The Bertz CT molecular complexity index is 798. The smallest absolute Gasteiger partial charge is 0.191 e. The highest BCUT2D eigenvalue weighted by molar-refractivity contribution is 14.0. The summed E-state index contributed by atoms with van der Waals surface area (Å²) in [6, 6.07) is 6.55. The lowest BCUT2D eigenvalue weighted by Gasteiger charge is -2.34. The van der Waals surface area contributed by atoms with Crippen molar-refractivity contribution in [3.63, 3.8) is 0 Å². The van der Waals surface area contributed by atoms with Gasteiger partial charge in [0.15, 0.2) is 5.96 Å². The number of aryl methyl sites for hydroxylation is 2. The van der Waals surface area contributed by atoms with Gasteiger partial charge in [0.1, 0.15) is 17.5 Å². The van der Waals surface area contributed by atoms with Crippen LogP contribution in [-0.4, -0.2) is 58.4 Å². The van der Waals surface area contributed by atoms with Crippen LogP contribution in [0.3, 0.4) is 0 Å². The fourth-order valence-electron chi connectivity index (χ4n) is 4.12. The van der Waals surface area contributed by atoms with Crippen LogP contribution in [0.15, 0.2) is 29.4 Å². The van der Waals surface area contributed by atoms with Crippen LogP contribution in [0.25, 0.3) is 0 Å². The number of rotatable bonds is 4. The second kappa shape index (κ2) is 10.2. The van der Waals surface area contributed by atoms with E-state index in [-0.39, 0.29) is 24.0 Å². The van der Waals surface area contributed by atoms with Crippen molar-refractivity contribution in [2.45, 2.75) is 45.2 Å². The minimum Gasteiger partial charge on any atom is -0.356 e. The molecule has 4 rings (SSSR count). The largest absolute Gasteiger partial charge is 0.356 e. The van der Waals surface area contributed by atoms with E-state index >= 15 is 0 Å². The predicted octanol–water partition coefficient (Wildman–Crippen LogP) is 2.00. The van der Waals surface area contributed by atoms with Gasteiger partial charge in [-0.2, -0.15) is 0 Å². The fraction of sp³-hybridized carbons (Fsp3) is 0.600. The molecule has 2 aliphatic rings. The summed E-state index contributed by atoms with van der Waals surface area (Å²) in [4.78, 5) is 11.3. The SMILES string of the molecule is CN=C(NCC1CCc2nnc(C)n2C1)NC1CCN(c2ccccn2)CC1.I. The van der Waals surface area contributed by atoms with Gasteiger partial charge in [0.05, 0.1) is 0 Å². The number of halogens is 1. The molecule has 29 heavy (non-hydrogen) atoms. The summed E-state index contributed by atoms with van der Waals surface area (Å²) < 4.78 is 2.25. The lowest BCUT2D eigenvalue weighted by Crippen LogP contribution is -2.50. The average Bonchev–Trinajstić information content (AvgIpc) is 3.12. The van der Waals surface area contributed by atoms with Crippen molar-refractivity contribution in [1.82, 2.24) is 30.4 Å². The zero-order valence-corrected chi connectivity index (χ0v) is 19.5. The van der Waals surface area contributed by atoms with Gasteiger partial charge in [-0.3, -0.25) is 4.99 Å². The van der Waals surface area contributed by atoms with Crippen LogP contribution in [-0.2, 0) is 13.0 Å². The number of nitrogens with zero attached hydrogens (tertiary/aromatic N) is 6. The molecule has 1 unspecified atom stereocenters. The minimum absolute atomic E-state index is 0. The third-order valence-corrected chi connectivity index (χ3v) is 5.82. The summed E-state index contributed by atoms with van der Waals surface area (Å²) in [5.74, 6) is 4.69. The Morgan fingerprint density at radius 3 is 2.76 bits per heavy atom. The Morgan fingerprint density at radius 1 is 1.21 bits per heavy atom. The highest BCUT2D eigenvalue weighted by Gasteiger charge is 2.23. The number of pyridine rings is 1. The predicted molar refractivity (Wildman–Crippen MR) is 126 cm³/mol. The maximum absolute atomic E-state index is 4.46. The normalized spacial score (nSPS) is 20.0. The lowest BCUT2D eigenvalue weighted by molar-refractivity contribution is 0.357. The zero-order valence-electron chi connectivity index (χ0n) is 17.2. The Labute approximate surface area is 189 Å².